The van der Waals surface area contributed by atoms with Crippen LogP contribution in [0.25, 0.3) is 0 Å². The number of hydrogen-bond donors (Lipinski definition) is 2. The lowest BCUT2D eigenvalue weighted by Gasteiger charge is -2.26. The van der Waals surface area contributed by atoms with Crippen LogP contribution in [0.5, 0.6) is 0 Å². The Labute approximate surface area is 123 Å². The van der Waals surface area contributed by atoms with Crippen molar-refractivity contribution >= 4 is 23.6 Å². The zero-order valence-corrected chi connectivity index (χ0v) is 12.4. The molecule has 0 saturated carbocycles. The molecule has 0 radical (unpaired) electrons. The topological polar surface area (TPSA) is 69.6 Å². The van der Waals surface area contributed by atoms with E-state index in [0.717, 1.165) is 5.56 Å². The van der Waals surface area contributed by atoms with Gasteiger partial charge in [0.2, 0.25) is 0 Å². The van der Waals surface area contributed by atoms with E-state index in [-0.39, 0.29) is 18.5 Å². The highest BCUT2D eigenvalue weighted by molar-refractivity contribution is 6.31. The molecular formula is C14H19ClN2O3. The highest BCUT2D eigenvalue weighted by Gasteiger charge is 2.18. The average Bonchev–Trinajstić information content (AvgIpc) is 2.42. The second-order valence-electron chi connectivity index (χ2n) is 4.54. The van der Waals surface area contributed by atoms with E-state index >= 15 is 0 Å². The van der Waals surface area contributed by atoms with Crippen LogP contribution in [0.4, 0.5) is 4.79 Å². The molecule has 110 valence electrons. The summed E-state index contributed by atoms with van der Waals surface area (Å²) in [7, 11) is 1.68. The van der Waals surface area contributed by atoms with Gasteiger partial charge in [-0.3, -0.25) is 4.79 Å². The SMILES string of the molecule is CC(c1ccccc1Cl)N(C)C(=O)NCCCC(=O)O. The molecule has 0 aliphatic rings. The van der Waals surface area contributed by atoms with Crippen molar-refractivity contribution in [2.75, 3.05) is 13.6 Å². The van der Waals surface area contributed by atoms with Crippen LogP contribution in [-0.4, -0.2) is 35.6 Å². The number of urea groups is 1. The number of carbonyl (C=O) groups excluding carboxylic acids is 1. The fraction of sp³-hybridized carbons (Fsp3) is 0.429. The fourth-order valence-electron chi connectivity index (χ4n) is 1.76. The molecule has 0 fully saturated rings. The summed E-state index contributed by atoms with van der Waals surface area (Å²) in [6, 6.07) is 6.96. The minimum Gasteiger partial charge on any atom is -0.481 e. The van der Waals surface area contributed by atoms with E-state index in [9.17, 15) is 9.59 Å². The minimum atomic E-state index is -0.864. The number of rotatable bonds is 6. The zero-order chi connectivity index (χ0) is 15.1. The van der Waals surface area contributed by atoms with E-state index in [1.807, 2.05) is 25.1 Å². The predicted octanol–water partition coefficient (Wildman–Crippen LogP) is 2.91. The highest BCUT2D eigenvalue weighted by Crippen LogP contribution is 2.25. The van der Waals surface area contributed by atoms with Crippen molar-refractivity contribution in [2.45, 2.75) is 25.8 Å². The van der Waals surface area contributed by atoms with Crippen LogP contribution in [-0.2, 0) is 4.79 Å². The molecule has 1 aromatic rings. The van der Waals surface area contributed by atoms with Gasteiger partial charge in [-0.1, -0.05) is 29.8 Å². The molecular weight excluding hydrogens is 280 g/mol. The van der Waals surface area contributed by atoms with E-state index in [2.05, 4.69) is 5.32 Å². The third-order valence-corrected chi connectivity index (χ3v) is 3.44. The third kappa shape index (κ3) is 4.74. The first-order chi connectivity index (χ1) is 9.43. The van der Waals surface area contributed by atoms with E-state index in [1.165, 1.54) is 0 Å². The van der Waals surface area contributed by atoms with Crippen LogP contribution >= 0.6 is 11.6 Å². The van der Waals surface area contributed by atoms with Crippen LogP contribution in [0.2, 0.25) is 5.02 Å². The smallest absolute Gasteiger partial charge is 0.317 e. The van der Waals surface area contributed by atoms with Gasteiger partial charge in [0, 0.05) is 25.0 Å². The lowest BCUT2D eigenvalue weighted by molar-refractivity contribution is -0.137. The first-order valence-electron chi connectivity index (χ1n) is 6.40. The van der Waals surface area contributed by atoms with Gasteiger partial charge >= 0.3 is 12.0 Å². The maximum Gasteiger partial charge on any atom is 0.317 e. The summed E-state index contributed by atoms with van der Waals surface area (Å²) in [5, 5.41) is 11.8. The largest absolute Gasteiger partial charge is 0.481 e. The summed E-state index contributed by atoms with van der Waals surface area (Å²) in [6.45, 7) is 2.22. The number of carbonyl (C=O) groups is 2. The number of aliphatic carboxylic acids is 1. The van der Waals surface area contributed by atoms with E-state index < -0.39 is 5.97 Å². The number of halogens is 1. The monoisotopic (exact) mass is 298 g/mol. The molecule has 0 heterocycles. The summed E-state index contributed by atoms with van der Waals surface area (Å²) in [6.07, 6.45) is 0.458. The molecule has 6 heteroatoms. The normalized spacial score (nSPS) is 11.8. The Morgan fingerprint density at radius 3 is 2.65 bits per heavy atom. The molecule has 1 atom stereocenters. The van der Waals surface area contributed by atoms with Crippen LogP contribution in [0.15, 0.2) is 24.3 Å². The van der Waals surface area contributed by atoms with Crippen molar-refractivity contribution in [2.24, 2.45) is 0 Å². The van der Waals surface area contributed by atoms with Gasteiger partial charge in [-0.05, 0) is 25.0 Å². The van der Waals surface area contributed by atoms with Gasteiger partial charge in [0.1, 0.15) is 0 Å². The first kappa shape index (κ1) is 16.3. The van der Waals surface area contributed by atoms with Gasteiger partial charge in [-0.2, -0.15) is 0 Å². The zero-order valence-electron chi connectivity index (χ0n) is 11.6. The van der Waals surface area contributed by atoms with Crippen LogP contribution in [0.3, 0.4) is 0 Å². The fourth-order valence-corrected chi connectivity index (χ4v) is 2.05. The first-order valence-corrected chi connectivity index (χ1v) is 6.78. The summed E-state index contributed by atoms with van der Waals surface area (Å²) >= 11 is 6.11. The average molecular weight is 299 g/mol. The maximum atomic E-state index is 11.9. The molecule has 0 spiro atoms. The molecule has 0 saturated heterocycles. The third-order valence-electron chi connectivity index (χ3n) is 3.10. The molecule has 0 aromatic heterocycles. The van der Waals surface area contributed by atoms with Crippen molar-refractivity contribution in [3.63, 3.8) is 0 Å². The van der Waals surface area contributed by atoms with Gasteiger partial charge < -0.3 is 15.3 Å². The summed E-state index contributed by atoms with van der Waals surface area (Å²) in [5.41, 5.74) is 0.873. The Morgan fingerprint density at radius 1 is 1.40 bits per heavy atom. The highest BCUT2D eigenvalue weighted by atomic mass is 35.5. The van der Waals surface area contributed by atoms with Crippen molar-refractivity contribution in [1.82, 2.24) is 10.2 Å². The summed E-state index contributed by atoms with van der Waals surface area (Å²) in [5.74, 6) is -0.864. The van der Waals surface area contributed by atoms with Gasteiger partial charge in [0.05, 0.1) is 6.04 Å². The Bertz CT molecular complexity index is 479. The summed E-state index contributed by atoms with van der Waals surface area (Å²) in [4.78, 5) is 23.9. The lowest BCUT2D eigenvalue weighted by Crippen LogP contribution is -2.39. The molecule has 0 bridgehead atoms. The van der Waals surface area contributed by atoms with Crippen molar-refractivity contribution in [1.29, 1.82) is 0 Å². The number of benzene rings is 1. The number of hydrogen-bond acceptors (Lipinski definition) is 2. The summed E-state index contributed by atoms with van der Waals surface area (Å²) < 4.78 is 0. The maximum absolute atomic E-state index is 11.9. The van der Waals surface area contributed by atoms with E-state index in [0.29, 0.717) is 18.0 Å². The Kier molecular flexibility index (Phi) is 6.31. The predicted molar refractivity (Wildman–Crippen MR) is 77.9 cm³/mol. The van der Waals surface area contributed by atoms with Crippen LogP contribution in [0.1, 0.15) is 31.4 Å². The molecule has 2 amide bonds. The number of nitrogens with one attached hydrogen (secondary N) is 1. The van der Waals surface area contributed by atoms with E-state index in [1.54, 1.807) is 18.0 Å². The van der Waals surface area contributed by atoms with Gasteiger partial charge in [0.25, 0.3) is 0 Å². The Balaban J connectivity index is 2.52. The van der Waals surface area contributed by atoms with Gasteiger partial charge in [-0.15, -0.1) is 0 Å². The molecule has 0 aliphatic carbocycles. The molecule has 1 rings (SSSR count). The number of nitrogens with zero attached hydrogens (tertiary/aromatic N) is 1. The molecule has 0 aliphatic heterocycles. The minimum absolute atomic E-state index is 0.0457. The second kappa shape index (κ2) is 7.75. The number of amides is 2. The van der Waals surface area contributed by atoms with Gasteiger partial charge in [-0.25, -0.2) is 4.79 Å². The molecule has 1 aromatic carbocycles. The van der Waals surface area contributed by atoms with Crippen molar-refractivity contribution in [3.8, 4) is 0 Å². The molecule has 2 N–H and O–H groups in total. The van der Waals surface area contributed by atoms with Crippen LogP contribution < -0.4 is 5.32 Å². The standard InChI is InChI=1S/C14H19ClN2O3/c1-10(11-6-3-4-7-12(11)15)17(2)14(20)16-9-5-8-13(18)19/h3-4,6-7,10H,5,8-9H2,1-2H3,(H,16,20)(H,18,19). The molecule has 5 nitrogen and oxygen atoms in total. The van der Waals surface area contributed by atoms with E-state index in [4.69, 9.17) is 16.7 Å². The second-order valence-corrected chi connectivity index (χ2v) is 4.94. The quantitative estimate of drug-likeness (QED) is 0.793. The molecule has 1 unspecified atom stereocenters. The Morgan fingerprint density at radius 2 is 2.05 bits per heavy atom. The van der Waals surface area contributed by atoms with Crippen LogP contribution in [0, 0.1) is 0 Å². The Hall–Kier alpha value is -1.75. The number of carboxylic acids is 1. The van der Waals surface area contributed by atoms with Crippen molar-refractivity contribution in [3.05, 3.63) is 34.9 Å². The van der Waals surface area contributed by atoms with Crippen molar-refractivity contribution < 1.29 is 14.7 Å². The lowest BCUT2D eigenvalue weighted by atomic mass is 10.1. The van der Waals surface area contributed by atoms with Gasteiger partial charge in [0.15, 0.2) is 0 Å². The number of carboxylic acid groups (broad SMARTS) is 1. The molecule has 20 heavy (non-hydrogen) atoms.